The van der Waals surface area contributed by atoms with Gasteiger partial charge in [0.1, 0.15) is 12.4 Å². The normalized spacial score (nSPS) is 11.2. The summed E-state index contributed by atoms with van der Waals surface area (Å²) in [5, 5.41) is 3.92. The summed E-state index contributed by atoms with van der Waals surface area (Å²) in [7, 11) is 0. The highest BCUT2D eigenvalue weighted by molar-refractivity contribution is 5.76. The van der Waals surface area contributed by atoms with Crippen LogP contribution in [0.3, 0.4) is 0 Å². The Bertz CT molecular complexity index is 981. The number of hydrogen-bond donors (Lipinski definition) is 2. The topological polar surface area (TPSA) is 102 Å². The molecular formula is C16H12F3N5O3. The molecule has 27 heavy (non-hydrogen) atoms. The van der Waals surface area contributed by atoms with Crippen LogP contribution in [0.25, 0.3) is 11.5 Å². The summed E-state index contributed by atoms with van der Waals surface area (Å²) in [6.45, 7) is -0.456. The Hall–Kier alpha value is -3.63. The number of aromatic nitrogens is 3. The molecule has 1 aromatic carbocycles. The van der Waals surface area contributed by atoms with Crippen molar-refractivity contribution < 1.29 is 22.4 Å². The maximum absolute atomic E-state index is 12.5. The van der Waals surface area contributed by atoms with E-state index in [-0.39, 0.29) is 11.7 Å². The van der Waals surface area contributed by atoms with Crippen LogP contribution >= 0.6 is 0 Å². The fraction of sp³-hybridized carbons (Fsp3) is 0.125. The Morgan fingerprint density at radius 2 is 1.89 bits per heavy atom. The molecule has 3 aromatic rings. The van der Waals surface area contributed by atoms with E-state index >= 15 is 0 Å². The second kappa shape index (κ2) is 7.32. The first-order valence-electron chi connectivity index (χ1n) is 7.54. The van der Waals surface area contributed by atoms with Gasteiger partial charge in [0.25, 0.3) is 5.91 Å². The Morgan fingerprint density at radius 1 is 1.15 bits per heavy atom. The van der Waals surface area contributed by atoms with Gasteiger partial charge in [0.05, 0.1) is 5.56 Å². The number of carbonyl (C=O) groups excluding carboxylic acids is 1. The van der Waals surface area contributed by atoms with Gasteiger partial charge < -0.3 is 4.42 Å². The van der Waals surface area contributed by atoms with Gasteiger partial charge in [-0.05, 0) is 24.3 Å². The van der Waals surface area contributed by atoms with E-state index in [4.69, 9.17) is 4.42 Å². The smallest absolute Gasteiger partial charge is 0.388 e. The molecule has 0 bridgehead atoms. The molecule has 0 saturated carbocycles. The van der Waals surface area contributed by atoms with Crippen LogP contribution in [-0.4, -0.2) is 20.7 Å². The lowest BCUT2D eigenvalue weighted by molar-refractivity contribution is -0.137. The number of nitrogens with zero attached hydrogens (tertiary/aromatic N) is 3. The monoisotopic (exact) mass is 379 g/mol. The zero-order chi connectivity index (χ0) is 19.4. The largest absolute Gasteiger partial charge is 0.437 e. The summed E-state index contributed by atoms with van der Waals surface area (Å²) in [4.78, 5) is 27.2. The van der Waals surface area contributed by atoms with E-state index < -0.39 is 29.9 Å². The van der Waals surface area contributed by atoms with Crippen molar-refractivity contribution in [3.05, 3.63) is 64.8 Å². The molecular weight excluding hydrogens is 367 g/mol. The number of alkyl halides is 3. The van der Waals surface area contributed by atoms with E-state index in [0.29, 0.717) is 11.8 Å². The van der Waals surface area contributed by atoms with Crippen LogP contribution < -0.4 is 16.6 Å². The summed E-state index contributed by atoms with van der Waals surface area (Å²) in [6.07, 6.45) is -3.87. The number of benzene rings is 1. The molecule has 0 aliphatic carbocycles. The molecule has 3 rings (SSSR count). The van der Waals surface area contributed by atoms with Crippen LogP contribution in [-0.2, 0) is 17.5 Å². The minimum absolute atomic E-state index is 0.00572. The first-order chi connectivity index (χ1) is 12.8. The van der Waals surface area contributed by atoms with Crippen molar-refractivity contribution in [2.24, 2.45) is 0 Å². The van der Waals surface area contributed by atoms with Gasteiger partial charge in [-0.2, -0.15) is 17.9 Å². The molecule has 0 atom stereocenters. The lowest BCUT2D eigenvalue weighted by Crippen LogP contribution is -2.35. The molecule has 0 unspecified atom stereocenters. The number of pyridine rings is 1. The number of carbonyl (C=O) groups is 1. The van der Waals surface area contributed by atoms with Crippen molar-refractivity contribution in [3.8, 4) is 11.5 Å². The predicted octanol–water partition coefficient (Wildman–Crippen LogP) is 2.06. The Kier molecular flexibility index (Phi) is 4.92. The highest BCUT2D eigenvalue weighted by atomic mass is 19.4. The van der Waals surface area contributed by atoms with Gasteiger partial charge in [0, 0.05) is 11.8 Å². The van der Waals surface area contributed by atoms with E-state index in [1.807, 2.05) is 0 Å². The minimum atomic E-state index is -4.50. The van der Waals surface area contributed by atoms with E-state index in [1.165, 1.54) is 0 Å². The molecule has 2 aromatic heterocycles. The Labute approximate surface area is 149 Å². The Morgan fingerprint density at radius 3 is 2.52 bits per heavy atom. The summed E-state index contributed by atoms with van der Waals surface area (Å²) in [5.41, 5.74) is 4.21. The molecule has 2 N–H and O–H groups in total. The summed E-state index contributed by atoms with van der Waals surface area (Å²) in [5.74, 6) is -1.44. The molecule has 0 spiro atoms. The molecule has 0 radical (unpaired) electrons. The Balaban J connectivity index is 1.60. The number of rotatable bonds is 5. The average molecular weight is 379 g/mol. The number of anilines is 1. The highest BCUT2D eigenvalue weighted by Crippen LogP contribution is 2.28. The van der Waals surface area contributed by atoms with E-state index in [2.05, 4.69) is 20.9 Å². The lowest BCUT2D eigenvalue weighted by Gasteiger charge is -2.09. The summed E-state index contributed by atoms with van der Waals surface area (Å²) in [6, 6.07) is 10.5. The fourth-order valence-corrected chi connectivity index (χ4v) is 2.05. The summed E-state index contributed by atoms with van der Waals surface area (Å²) >= 11 is 0. The summed E-state index contributed by atoms with van der Waals surface area (Å²) < 4.78 is 43.2. The molecule has 0 saturated heterocycles. The first kappa shape index (κ1) is 18.2. The number of halogens is 3. The van der Waals surface area contributed by atoms with E-state index in [0.717, 1.165) is 16.8 Å². The minimum Gasteiger partial charge on any atom is -0.388 e. The zero-order valence-corrected chi connectivity index (χ0v) is 13.5. The lowest BCUT2D eigenvalue weighted by atomic mass is 10.2. The van der Waals surface area contributed by atoms with Crippen LogP contribution in [0.5, 0.6) is 0 Å². The molecule has 2 heterocycles. The average Bonchev–Trinajstić information content (AvgIpc) is 3.01. The molecule has 140 valence electrons. The van der Waals surface area contributed by atoms with Crippen LogP contribution in [0.1, 0.15) is 5.56 Å². The molecule has 8 nitrogen and oxygen atoms in total. The quantitative estimate of drug-likeness (QED) is 0.658. The van der Waals surface area contributed by atoms with Gasteiger partial charge in [-0.25, -0.2) is 9.78 Å². The van der Waals surface area contributed by atoms with Gasteiger partial charge in [-0.15, -0.1) is 5.10 Å². The van der Waals surface area contributed by atoms with E-state index in [9.17, 15) is 22.8 Å². The predicted molar refractivity (Wildman–Crippen MR) is 87.2 cm³/mol. The highest BCUT2D eigenvalue weighted by Gasteiger charge is 2.30. The van der Waals surface area contributed by atoms with Gasteiger partial charge >= 0.3 is 11.9 Å². The van der Waals surface area contributed by atoms with Crippen LogP contribution in [0.15, 0.2) is 57.9 Å². The van der Waals surface area contributed by atoms with Gasteiger partial charge in [0.2, 0.25) is 5.89 Å². The SMILES string of the molecule is O=C(Cn1nc(-c2ccccc2)oc1=O)NNc1ccc(C(F)(F)F)cn1. The van der Waals surface area contributed by atoms with Crippen LogP contribution in [0.2, 0.25) is 0 Å². The van der Waals surface area contributed by atoms with Crippen LogP contribution in [0, 0.1) is 0 Å². The number of hydrazine groups is 1. The maximum atomic E-state index is 12.5. The maximum Gasteiger partial charge on any atom is 0.437 e. The van der Waals surface area contributed by atoms with Crippen molar-refractivity contribution in [1.29, 1.82) is 0 Å². The number of nitrogens with one attached hydrogen (secondary N) is 2. The van der Waals surface area contributed by atoms with Crippen molar-refractivity contribution in [2.45, 2.75) is 12.7 Å². The fourth-order valence-electron chi connectivity index (χ4n) is 2.05. The number of amides is 1. The zero-order valence-electron chi connectivity index (χ0n) is 13.5. The standard InChI is InChI=1S/C16H12F3N5O3/c17-16(18,19)11-6-7-12(20-8-11)21-22-13(25)9-24-15(26)27-14(23-24)10-4-2-1-3-5-10/h1-8H,9H2,(H,20,21)(H,22,25). The second-order valence-corrected chi connectivity index (χ2v) is 5.30. The first-order valence-corrected chi connectivity index (χ1v) is 7.54. The van der Waals surface area contributed by atoms with Gasteiger partial charge in [-0.1, -0.05) is 18.2 Å². The van der Waals surface area contributed by atoms with Gasteiger partial charge in [-0.3, -0.25) is 15.6 Å². The van der Waals surface area contributed by atoms with E-state index in [1.54, 1.807) is 30.3 Å². The van der Waals surface area contributed by atoms with Crippen molar-refractivity contribution in [3.63, 3.8) is 0 Å². The van der Waals surface area contributed by atoms with Crippen molar-refractivity contribution in [2.75, 3.05) is 5.43 Å². The van der Waals surface area contributed by atoms with Crippen molar-refractivity contribution >= 4 is 11.7 Å². The molecule has 1 amide bonds. The molecule has 11 heteroatoms. The third-order valence-electron chi connectivity index (χ3n) is 3.34. The molecule has 0 aliphatic rings. The second-order valence-electron chi connectivity index (χ2n) is 5.30. The number of hydrogen-bond acceptors (Lipinski definition) is 6. The van der Waals surface area contributed by atoms with Crippen molar-refractivity contribution in [1.82, 2.24) is 20.2 Å². The molecule has 0 fully saturated rings. The van der Waals surface area contributed by atoms with Gasteiger partial charge in [0.15, 0.2) is 0 Å². The third-order valence-corrected chi connectivity index (χ3v) is 3.34. The molecule has 0 aliphatic heterocycles. The van der Waals surface area contributed by atoms with Crippen LogP contribution in [0.4, 0.5) is 19.0 Å². The third kappa shape index (κ3) is 4.51.